The molecule has 4 aromatic rings. The predicted molar refractivity (Wildman–Crippen MR) is 131 cm³/mol. The fraction of sp³-hybridized carbons (Fsp3) is 0.435. The Morgan fingerprint density at radius 2 is 1.94 bits per heavy atom. The first kappa shape index (κ1) is 22.1. The van der Waals surface area contributed by atoms with E-state index in [1.807, 2.05) is 6.07 Å². The third-order valence-electron chi connectivity index (χ3n) is 5.81. The zero-order valence-electron chi connectivity index (χ0n) is 18.2. The molecule has 0 aliphatic heterocycles. The van der Waals surface area contributed by atoms with Crippen LogP contribution in [0.15, 0.2) is 35.1 Å². The second kappa shape index (κ2) is 10.0. The summed E-state index contributed by atoms with van der Waals surface area (Å²) in [5.41, 5.74) is 3.35. The molecule has 8 heteroatoms. The Morgan fingerprint density at radius 1 is 1.10 bits per heavy atom. The van der Waals surface area contributed by atoms with Gasteiger partial charge in [-0.15, -0.1) is 0 Å². The summed E-state index contributed by atoms with van der Waals surface area (Å²) in [6, 6.07) is 9.97. The maximum atomic E-state index is 12.8. The number of aliphatic hydroxyl groups is 1. The molecule has 2 aromatic heterocycles. The van der Waals surface area contributed by atoms with Gasteiger partial charge in [-0.3, -0.25) is 0 Å². The SMILES string of the molecule is CCN(CC)CCn1[nH]c2c3c(=O)cccc3[se]c3c(NCCNCCO)ccc1c32. The van der Waals surface area contributed by atoms with Crippen LogP contribution in [0.4, 0.5) is 5.69 Å². The summed E-state index contributed by atoms with van der Waals surface area (Å²) in [5, 5.41) is 21.3. The van der Waals surface area contributed by atoms with Gasteiger partial charge in [0.25, 0.3) is 0 Å². The van der Waals surface area contributed by atoms with Crippen LogP contribution in [0.25, 0.3) is 30.3 Å². The molecule has 31 heavy (non-hydrogen) atoms. The molecule has 0 fully saturated rings. The minimum absolute atomic E-state index is 0.0576. The number of hydrogen-bond donors (Lipinski definition) is 4. The number of H-pyrrole nitrogens is 1. The van der Waals surface area contributed by atoms with Crippen molar-refractivity contribution in [3.8, 4) is 0 Å². The van der Waals surface area contributed by atoms with Gasteiger partial charge in [-0.05, 0) is 0 Å². The molecule has 2 aromatic carbocycles. The van der Waals surface area contributed by atoms with Crippen molar-refractivity contribution in [2.45, 2.75) is 20.4 Å². The summed E-state index contributed by atoms with van der Waals surface area (Å²) in [7, 11) is 0. The Labute approximate surface area is 187 Å². The quantitative estimate of drug-likeness (QED) is 0.148. The topological polar surface area (TPSA) is 85.3 Å². The Balaban J connectivity index is 1.80. The van der Waals surface area contributed by atoms with E-state index in [4.69, 9.17) is 5.11 Å². The molecule has 0 saturated carbocycles. The van der Waals surface area contributed by atoms with E-state index in [2.05, 4.69) is 57.4 Å². The molecule has 0 saturated heterocycles. The number of anilines is 1. The zero-order valence-corrected chi connectivity index (χ0v) is 19.9. The molecular weight excluding hydrogens is 457 g/mol. The predicted octanol–water partition coefficient (Wildman–Crippen LogP) is 2.03. The van der Waals surface area contributed by atoms with Gasteiger partial charge in [-0.1, -0.05) is 0 Å². The van der Waals surface area contributed by atoms with E-state index in [1.54, 1.807) is 6.07 Å². The average Bonchev–Trinajstić information content (AvgIpc) is 3.15. The summed E-state index contributed by atoms with van der Waals surface area (Å²) in [4.78, 5) is 15.2. The summed E-state index contributed by atoms with van der Waals surface area (Å²) in [6.07, 6.45) is 0. The van der Waals surface area contributed by atoms with Crippen LogP contribution in [-0.2, 0) is 6.54 Å². The first-order valence-corrected chi connectivity index (χ1v) is 12.7. The monoisotopic (exact) mass is 489 g/mol. The van der Waals surface area contributed by atoms with Gasteiger partial charge in [-0.2, -0.15) is 0 Å². The molecule has 166 valence electrons. The van der Waals surface area contributed by atoms with E-state index in [0.29, 0.717) is 6.54 Å². The first-order chi connectivity index (χ1) is 15.2. The van der Waals surface area contributed by atoms with Crippen LogP contribution in [0.2, 0.25) is 0 Å². The molecule has 0 radical (unpaired) electrons. The van der Waals surface area contributed by atoms with Crippen LogP contribution < -0.4 is 16.1 Å². The van der Waals surface area contributed by atoms with Gasteiger partial charge >= 0.3 is 188 Å². The summed E-state index contributed by atoms with van der Waals surface area (Å²) >= 11 is 0.0576. The number of nitrogens with zero attached hydrogens (tertiary/aromatic N) is 2. The second-order valence-corrected chi connectivity index (χ2v) is 9.84. The van der Waals surface area contributed by atoms with Crippen molar-refractivity contribution in [1.82, 2.24) is 20.0 Å². The van der Waals surface area contributed by atoms with Crippen LogP contribution in [0.5, 0.6) is 0 Å². The van der Waals surface area contributed by atoms with Crippen molar-refractivity contribution in [3.63, 3.8) is 0 Å². The van der Waals surface area contributed by atoms with Gasteiger partial charge in [0.05, 0.1) is 0 Å². The van der Waals surface area contributed by atoms with Crippen LogP contribution in [0.3, 0.4) is 0 Å². The van der Waals surface area contributed by atoms with Gasteiger partial charge in [0.15, 0.2) is 0 Å². The molecule has 7 nitrogen and oxygen atoms in total. The number of hydrogen-bond acceptors (Lipinski definition) is 5. The van der Waals surface area contributed by atoms with E-state index in [9.17, 15) is 4.79 Å². The summed E-state index contributed by atoms with van der Waals surface area (Å²) in [5.74, 6) is 0. The van der Waals surface area contributed by atoms with Crippen molar-refractivity contribution in [2.24, 2.45) is 0 Å². The first-order valence-electron chi connectivity index (χ1n) is 11.0. The van der Waals surface area contributed by atoms with E-state index in [0.717, 1.165) is 65.6 Å². The number of benzene rings is 2. The zero-order chi connectivity index (χ0) is 21.8. The van der Waals surface area contributed by atoms with Gasteiger partial charge in [-0.25, -0.2) is 0 Å². The third kappa shape index (κ3) is 4.45. The second-order valence-electron chi connectivity index (χ2n) is 7.63. The molecule has 0 aliphatic rings. The van der Waals surface area contributed by atoms with E-state index in [1.165, 1.54) is 9.65 Å². The molecule has 4 rings (SSSR count). The van der Waals surface area contributed by atoms with Crippen molar-refractivity contribution in [3.05, 3.63) is 40.6 Å². The molecule has 0 unspecified atom stereocenters. The molecule has 4 N–H and O–H groups in total. The van der Waals surface area contributed by atoms with Gasteiger partial charge in [0, 0.05) is 0 Å². The fourth-order valence-corrected chi connectivity index (χ4v) is 6.70. The van der Waals surface area contributed by atoms with Gasteiger partial charge in [0.2, 0.25) is 0 Å². The summed E-state index contributed by atoms with van der Waals surface area (Å²) in [6.45, 7) is 10.6. The summed E-state index contributed by atoms with van der Waals surface area (Å²) < 4.78 is 4.65. The van der Waals surface area contributed by atoms with Crippen LogP contribution in [0, 0.1) is 0 Å². The maximum absolute atomic E-state index is 12.8. The molecule has 0 atom stereocenters. The standard InChI is InChI=1S/C23H31N5O2Se/c1-3-27(4-2)13-14-28-17-9-8-16(25-11-10-24-12-15-29)23-20(17)22(26-28)21-18(30)6-5-7-19(21)31-23/h5-9,24-26,29H,3-4,10-15H2,1-2H3. The minimum atomic E-state index is 0.0576. The number of fused-ring (bicyclic) bond motifs is 2. The number of nitrogens with one attached hydrogen (secondary N) is 3. The fourth-order valence-electron chi connectivity index (χ4n) is 4.12. The molecule has 0 aliphatic carbocycles. The van der Waals surface area contributed by atoms with Crippen LogP contribution in [-0.4, -0.2) is 80.2 Å². The molecule has 2 heterocycles. The molecular formula is C23H31N5O2Se. The average molecular weight is 488 g/mol. The van der Waals surface area contributed by atoms with Crippen molar-refractivity contribution < 1.29 is 5.11 Å². The van der Waals surface area contributed by atoms with E-state index in [-0.39, 0.29) is 26.5 Å². The number of aromatic nitrogens is 2. The number of likely N-dealkylation sites (N-methyl/N-ethyl adjacent to an activating group) is 1. The third-order valence-corrected chi connectivity index (χ3v) is 8.31. The van der Waals surface area contributed by atoms with Gasteiger partial charge < -0.3 is 0 Å². The molecule has 0 spiro atoms. The van der Waals surface area contributed by atoms with Crippen molar-refractivity contribution >= 4 is 50.5 Å². The van der Waals surface area contributed by atoms with Crippen molar-refractivity contribution in [1.29, 1.82) is 0 Å². The van der Waals surface area contributed by atoms with E-state index >= 15 is 0 Å². The Hall–Kier alpha value is -2.09. The van der Waals surface area contributed by atoms with Crippen LogP contribution in [0.1, 0.15) is 13.8 Å². The van der Waals surface area contributed by atoms with E-state index < -0.39 is 0 Å². The Morgan fingerprint density at radius 3 is 2.71 bits per heavy atom. The van der Waals surface area contributed by atoms with Crippen molar-refractivity contribution in [2.75, 3.05) is 51.2 Å². The normalized spacial score (nSPS) is 12.0. The van der Waals surface area contributed by atoms with Crippen LogP contribution >= 0.6 is 0 Å². The van der Waals surface area contributed by atoms with Gasteiger partial charge in [0.1, 0.15) is 0 Å². The Bertz CT molecular complexity index is 1220. The molecule has 0 bridgehead atoms. The number of aliphatic hydroxyl groups excluding tert-OH is 1. The number of aromatic amines is 1. The molecule has 0 amide bonds. The Kier molecular flexibility index (Phi) is 7.15. The number of rotatable bonds is 11.